The molecule has 10 heteroatoms. The van der Waals surface area contributed by atoms with E-state index in [1.54, 1.807) is 30.7 Å². The van der Waals surface area contributed by atoms with Crippen molar-refractivity contribution >= 4 is 41.2 Å². The van der Waals surface area contributed by atoms with Crippen molar-refractivity contribution in [3.63, 3.8) is 0 Å². The number of methoxy groups -OCH3 is 1. The van der Waals surface area contributed by atoms with Crippen LogP contribution >= 0.6 is 23.4 Å². The number of ether oxygens (including phenoxy) is 2. The molecule has 0 fully saturated rings. The SMILES string of the molecule is CCOC(=O)C1=C(C)Nc2nc(SCC(=O)OC)nn2C1c1ccc(Cl)cc1. The number of carbonyl (C=O) groups excluding carboxylic acids is 2. The van der Waals surface area contributed by atoms with Crippen LogP contribution in [0.25, 0.3) is 0 Å². The van der Waals surface area contributed by atoms with Crippen LogP contribution in [0.5, 0.6) is 0 Å². The van der Waals surface area contributed by atoms with Crippen molar-refractivity contribution in [2.75, 3.05) is 24.8 Å². The van der Waals surface area contributed by atoms with E-state index in [2.05, 4.69) is 20.1 Å². The van der Waals surface area contributed by atoms with Gasteiger partial charge in [0.1, 0.15) is 6.04 Å². The van der Waals surface area contributed by atoms with Gasteiger partial charge in [0.15, 0.2) is 0 Å². The number of hydrogen-bond donors (Lipinski definition) is 1. The molecular weight excluding hydrogens is 404 g/mol. The number of rotatable bonds is 6. The van der Waals surface area contributed by atoms with Gasteiger partial charge in [0, 0.05) is 10.7 Å². The normalized spacial score (nSPS) is 15.6. The molecule has 28 heavy (non-hydrogen) atoms. The first kappa shape index (κ1) is 20.2. The second-order valence-corrected chi connectivity index (χ2v) is 7.24. The second-order valence-electron chi connectivity index (χ2n) is 5.87. The van der Waals surface area contributed by atoms with Crippen LogP contribution in [0, 0.1) is 0 Å². The van der Waals surface area contributed by atoms with Crippen molar-refractivity contribution in [1.29, 1.82) is 0 Å². The van der Waals surface area contributed by atoms with E-state index in [0.29, 0.717) is 27.4 Å². The Balaban J connectivity index is 2.03. The Hall–Kier alpha value is -2.52. The van der Waals surface area contributed by atoms with Crippen molar-refractivity contribution in [2.45, 2.75) is 25.0 Å². The van der Waals surface area contributed by atoms with Crippen molar-refractivity contribution in [3.05, 3.63) is 46.1 Å². The molecule has 0 saturated heterocycles. The number of nitrogens with one attached hydrogen (secondary N) is 1. The maximum Gasteiger partial charge on any atom is 0.338 e. The highest BCUT2D eigenvalue weighted by molar-refractivity contribution is 7.99. The van der Waals surface area contributed by atoms with Gasteiger partial charge in [-0.1, -0.05) is 35.5 Å². The molecule has 0 spiro atoms. The first-order chi connectivity index (χ1) is 13.4. The summed E-state index contributed by atoms with van der Waals surface area (Å²) in [5, 5.41) is 8.56. The van der Waals surface area contributed by atoms with Gasteiger partial charge in [0.25, 0.3) is 0 Å². The summed E-state index contributed by atoms with van der Waals surface area (Å²) >= 11 is 7.17. The number of hydrogen-bond acceptors (Lipinski definition) is 8. The lowest BCUT2D eigenvalue weighted by Gasteiger charge is -2.28. The van der Waals surface area contributed by atoms with Crippen LogP contribution in [0.1, 0.15) is 25.5 Å². The Labute approximate surface area is 171 Å². The molecule has 0 amide bonds. The van der Waals surface area contributed by atoms with Crippen LogP contribution in [0.2, 0.25) is 5.02 Å². The third-order valence-corrected chi connectivity index (χ3v) is 5.12. The third kappa shape index (κ3) is 4.15. The molecule has 2 heterocycles. The van der Waals surface area contributed by atoms with Crippen LogP contribution in [-0.2, 0) is 19.1 Å². The van der Waals surface area contributed by atoms with E-state index >= 15 is 0 Å². The standard InChI is InChI=1S/C18H19ClN4O4S/c1-4-27-16(25)14-10(2)20-17-21-18(28-9-13(24)26-3)22-23(17)15(14)11-5-7-12(19)8-6-11/h5-8,15H,4,9H2,1-3H3,(H,20,21,22). The summed E-state index contributed by atoms with van der Waals surface area (Å²) in [7, 11) is 1.32. The lowest BCUT2D eigenvalue weighted by Crippen LogP contribution is -2.29. The number of benzene rings is 1. The number of aromatic nitrogens is 3. The smallest absolute Gasteiger partial charge is 0.338 e. The first-order valence-corrected chi connectivity index (χ1v) is 9.87. The van der Waals surface area contributed by atoms with Gasteiger partial charge in [-0.2, -0.15) is 4.98 Å². The number of esters is 2. The molecule has 1 atom stereocenters. The van der Waals surface area contributed by atoms with Crippen molar-refractivity contribution < 1.29 is 19.1 Å². The minimum Gasteiger partial charge on any atom is -0.468 e. The van der Waals surface area contributed by atoms with Gasteiger partial charge in [-0.3, -0.25) is 4.79 Å². The van der Waals surface area contributed by atoms with E-state index in [4.69, 9.17) is 16.3 Å². The Morgan fingerprint density at radius 3 is 2.68 bits per heavy atom. The summed E-state index contributed by atoms with van der Waals surface area (Å²) in [6.07, 6.45) is 0. The zero-order chi connectivity index (χ0) is 20.3. The van der Waals surface area contributed by atoms with E-state index in [1.165, 1.54) is 7.11 Å². The summed E-state index contributed by atoms with van der Waals surface area (Å²) in [6, 6.07) is 6.63. The van der Waals surface area contributed by atoms with Gasteiger partial charge in [0.05, 0.1) is 25.0 Å². The molecule has 0 bridgehead atoms. The summed E-state index contributed by atoms with van der Waals surface area (Å²) < 4.78 is 11.5. The molecule has 1 aliphatic heterocycles. The van der Waals surface area contributed by atoms with Gasteiger partial charge >= 0.3 is 11.9 Å². The third-order valence-electron chi connectivity index (χ3n) is 4.06. The molecule has 8 nitrogen and oxygen atoms in total. The van der Waals surface area contributed by atoms with Crippen molar-refractivity contribution in [3.8, 4) is 0 Å². The largest absolute Gasteiger partial charge is 0.468 e. The quantitative estimate of drug-likeness (QED) is 0.560. The molecule has 1 unspecified atom stereocenters. The predicted octanol–water partition coefficient (Wildman–Crippen LogP) is 3.05. The second kappa shape index (κ2) is 8.66. The molecule has 148 valence electrons. The molecule has 0 radical (unpaired) electrons. The van der Waals surface area contributed by atoms with E-state index in [1.807, 2.05) is 12.1 Å². The number of thioether (sulfide) groups is 1. The number of carbonyl (C=O) groups is 2. The van der Waals surface area contributed by atoms with Crippen molar-refractivity contribution in [2.24, 2.45) is 0 Å². The van der Waals surface area contributed by atoms with Gasteiger partial charge in [-0.15, -0.1) is 5.10 Å². The Kier molecular flexibility index (Phi) is 6.25. The van der Waals surface area contributed by atoms with E-state index in [0.717, 1.165) is 17.3 Å². The number of allylic oxidation sites excluding steroid dienone is 1. The Morgan fingerprint density at radius 1 is 1.32 bits per heavy atom. The fourth-order valence-corrected chi connectivity index (χ4v) is 3.59. The minimum atomic E-state index is -0.535. The summed E-state index contributed by atoms with van der Waals surface area (Å²) in [5.41, 5.74) is 1.87. The zero-order valence-corrected chi connectivity index (χ0v) is 17.1. The monoisotopic (exact) mass is 422 g/mol. The van der Waals surface area contributed by atoms with Gasteiger partial charge in [0.2, 0.25) is 11.1 Å². The maximum absolute atomic E-state index is 12.7. The maximum atomic E-state index is 12.7. The van der Waals surface area contributed by atoms with Gasteiger partial charge in [-0.25, -0.2) is 9.48 Å². The van der Waals surface area contributed by atoms with E-state index in [-0.39, 0.29) is 18.3 Å². The van der Waals surface area contributed by atoms with E-state index < -0.39 is 12.0 Å². The Bertz CT molecular complexity index is 926. The lowest BCUT2D eigenvalue weighted by atomic mass is 9.96. The first-order valence-electron chi connectivity index (χ1n) is 8.51. The number of halogens is 1. The summed E-state index contributed by atoms with van der Waals surface area (Å²) in [5.74, 6) is -0.250. The number of fused-ring (bicyclic) bond motifs is 1. The fourth-order valence-electron chi connectivity index (χ4n) is 2.80. The van der Waals surface area contributed by atoms with Crippen LogP contribution in [0.15, 0.2) is 40.7 Å². The molecule has 1 aliphatic rings. The van der Waals surface area contributed by atoms with Crippen LogP contribution < -0.4 is 5.32 Å². The highest BCUT2D eigenvalue weighted by Gasteiger charge is 2.35. The average Bonchev–Trinajstić information content (AvgIpc) is 3.08. The molecular formula is C18H19ClN4O4S. The van der Waals surface area contributed by atoms with Crippen LogP contribution in [0.4, 0.5) is 5.95 Å². The fraction of sp³-hybridized carbons (Fsp3) is 0.333. The molecule has 1 N–H and O–H groups in total. The molecule has 1 aromatic carbocycles. The number of nitrogens with zero attached hydrogens (tertiary/aromatic N) is 3. The zero-order valence-electron chi connectivity index (χ0n) is 15.6. The number of anilines is 1. The molecule has 2 aromatic rings. The predicted molar refractivity (Wildman–Crippen MR) is 105 cm³/mol. The molecule has 0 aliphatic carbocycles. The van der Waals surface area contributed by atoms with Gasteiger partial charge in [-0.05, 0) is 31.5 Å². The molecule has 3 rings (SSSR count). The average molecular weight is 423 g/mol. The Morgan fingerprint density at radius 2 is 2.04 bits per heavy atom. The van der Waals surface area contributed by atoms with Gasteiger partial charge < -0.3 is 14.8 Å². The topological polar surface area (TPSA) is 95.3 Å². The highest BCUT2D eigenvalue weighted by atomic mass is 35.5. The molecule has 1 aromatic heterocycles. The summed E-state index contributed by atoms with van der Waals surface area (Å²) in [6.45, 7) is 3.80. The van der Waals surface area contributed by atoms with Crippen molar-refractivity contribution in [1.82, 2.24) is 14.8 Å². The molecule has 0 saturated carbocycles. The highest BCUT2D eigenvalue weighted by Crippen LogP contribution is 2.37. The van der Waals surface area contributed by atoms with E-state index in [9.17, 15) is 9.59 Å². The van der Waals surface area contributed by atoms with Crippen LogP contribution in [0.3, 0.4) is 0 Å². The summed E-state index contributed by atoms with van der Waals surface area (Å²) in [4.78, 5) is 28.5. The minimum absolute atomic E-state index is 0.0860. The van der Waals surface area contributed by atoms with Crippen LogP contribution in [-0.4, -0.2) is 46.2 Å². The lowest BCUT2D eigenvalue weighted by molar-refractivity contribution is -0.139.